The van der Waals surface area contributed by atoms with Crippen LogP contribution in [0.2, 0.25) is 0 Å². The van der Waals surface area contributed by atoms with E-state index in [9.17, 15) is 0 Å². The zero-order valence-electron chi connectivity index (χ0n) is 13.2. The molecule has 0 saturated heterocycles. The minimum absolute atomic E-state index is 0.716. The Morgan fingerprint density at radius 2 is 2.00 bits per heavy atom. The van der Waals surface area contributed by atoms with Crippen LogP contribution in [-0.4, -0.2) is 24.1 Å². The number of nitrogens with one attached hydrogen (secondary N) is 1. The van der Waals surface area contributed by atoms with Crippen molar-refractivity contribution in [2.24, 2.45) is 5.92 Å². The molecule has 0 aliphatic heterocycles. The van der Waals surface area contributed by atoms with Crippen molar-refractivity contribution in [2.45, 2.75) is 65.5 Å². The fourth-order valence-corrected chi connectivity index (χ4v) is 4.20. The van der Waals surface area contributed by atoms with Gasteiger partial charge in [0.1, 0.15) is 0 Å². The maximum atomic E-state index is 4.57. The standard InChI is InChI=1S/C16H29N3S/c1-4-13-9-7-8-10-15(13)17-11-14-12-18-16(20-14)19(5-2)6-3/h12-13,15,17H,4-11H2,1-3H3. The van der Waals surface area contributed by atoms with Crippen molar-refractivity contribution in [3.05, 3.63) is 11.1 Å². The van der Waals surface area contributed by atoms with Crippen LogP contribution in [0.4, 0.5) is 5.13 Å². The van der Waals surface area contributed by atoms with E-state index in [1.165, 1.54) is 42.1 Å². The van der Waals surface area contributed by atoms with E-state index in [-0.39, 0.29) is 0 Å². The molecule has 3 nitrogen and oxygen atoms in total. The lowest BCUT2D eigenvalue weighted by atomic mass is 9.83. The van der Waals surface area contributed by atoms with Crippen LogP contribution in [0.25, 0.3) is 0 Å². The Labute approximate surface area is 127 Å². The zero-order valence-corrected chi connectivity index (χ0v) is 14.0. The van der Waals surface area contributed by atoms with E-state index >= 15 is 0 Å². The van der Waals surface area contributed by atoms with Crippen LogP contribution in [0.15, 0.2) is 6.20 Å². The summed E-state index contributed by atoms with van der Waals surface area (Å²) >= 11 is 1.84. The number of rotatable bonds is 7. The summed E-state index contributed by atoms with van der Waals surface area (Å²) in [5.74, 6) is 0.874. The highest BCUT2D eigenvalue weighted by Gasteiger charge is 2.23. The average molecular weight is 295 g/mol. The van der Waals surface area contributed by atoms with Crippen molar-refractivity contribution in [2.75, 3.05) is 18.0 Å². The molecule has 1 N–H and O–H groups in total. The summed E-state index contributed by atoms with van der Waals surface area (Å²) in [7, 11) is 0. The van der Waals surface area contributed by atoms with E-state index in [1.807, 2.05) is 11.3 Å². The first-order valence-electron chi connectivity index (χ1n) is 8.21. The van der Waals surface area contributed by atoms with Gasteiger partial charge in [0.15, 0.2) is 5.13 Å². The molecule has 2 atom stereocenters. The van der Waals surface area contributed by atoms with Crippen LogP contribution < -0.4 is 10.2 Å². The molecule has 1 heterocycles. The lowest BCUT2D eigenvalue weighted by molar-refractivity contribution is 0.255. The number of aromatic nitrogens is 1. The van der Waals surface area contributed by atoms with E-state index in [1.54, 1.807) is 0 Å². The van der Waals surface area contributed by atoms with Gasteiger partial charge in [-0.15, -0.1) is 11.3 Å². The quantitative estimate of drug-likeness (QED) is 0.822. The van der Waals surface area contributed by atoms with Gasteiger partial charge in [0.2, 0.25) is 0 Å². The Balaban J connectivity index is 1.87. The number of anilines is 1. The summed E-state index contributed by atoms with van der Waals surface area (Å²) < 4.78 is 0. The van der Waals surface area contributed by atoms with Crippen LogP contribution in [0, 0.1) is 5.92 Å². The third kappa shape index (κ3) is 3.95. The fraction of sp³-hybridized carbons (Fsp3) is 0.812. The van der Waals surface area contributed by atoms with E-state index in [4.69, 9.17) is 0 Å². The highest BCUT2D eigenvalue weighted by molar-refractivity contribution is 7.15. The van der Waals surface area contributed by atoms with Gasteiger partial charge in [-0.1, -0.05) is 26.2 Å². The Bertz CT molecular complexity index is 387. The van der Waals surface area contributed by atoms with E-state index in [0.717, 1.165) is 25.6 Å². The molecule has 0 spiro atoms. The minimum Gasteiger partial charge on any atom is -0.349 e. The van der Waals surface area contributed by atoms with Crippen molar-refractivity contribution in [3.8, 4) is 0 Å². The predicted molar refractivity (Wildman–Crippen MR) is 88.6 cm³/mol. The number of hydrogen-bond acceptors (Lipinski definition) is 4. The van der Waals surface area contributed by atoms with Crippen molar-refractivity contribution < 1.29 is 0 Å². The van der Waals surface area contributed by atoms with Crippen molar-refractivity contribution in [1.29, 1.82) is 0 Å². The molecule has 0 bridgehead atoms. The van der Waals surface area contributed by atoms with Gasteiger partial charge in [0.25, 0.3) is 0 Å². The lowest BCUT2D eigenvalue weighted by Crippen LogP contribution is -2.37. The second-order valence-corrected chi connectivity index (χ2v) is 6.82. The smallest absolute Gasteiger partial charge is 0.185 e. The highest BCUT2D eigenvalue weighted by atomic mass is 32.1. The van der Waals surface area contributed by atoms with Crippen molar-refractivity contribution >= 4 is 16.5 Å². The third-order valence-electron chi connectivity index (χ3n) is 4.55. The molecule has 2 rings (SSSR count). The summed E-state index contributed by atoms with van der Waals surface area (Å²) in [5, 5.41) is 4.95. The molecule has 114 valence electrons. The molecule has 2 unspecified atom stereocenters. The van der Waals surface area contributed by atoms with Gasteiger partial charge in [0, 0.05) is 36.8 Å². The van der Waals surface area contributed by atoms with Gasteiger partial charge in [-0.05, 0) is 32.6 Å². The van der Waals surface area contributed by atoms with E-state index in [2.05, 4.69) is 42.2 Å². The first kappa shape index (κ1) is 15.8. The molecule has 1 fully saturated rings. The molecule has 1 aliphatic rings. The molecular formula is C16H29N3S. The molecule has 1 saturated carbocycles. The topological polar surface area (TPSA) is 28.2 Å². The SMILES string of the molecule is CCC1CCCCC1NCc1cnc(N(CC)CC)s1. The molecule has 1 aromatic rings. The van der Waals surface area contributed by atoms with Crippen LogP contribution >= 0.6 is 11.3 Å². The van der Waals surface area contributed by atoms with Gasteiger partial charge < -0.3 is 10.2 Å². The Hall–Kier alpha value is -0.610. The van der Waals surface area contributed by atoms with Crippen LogP contribution in [0.5, 0.6) is 0 Å². The van der Waals surface area contributed by atoms with Crippen LogP contribution in [0.3, 0.4) is 0 Å². The zero-order chi connectivity index (χ0) is 14.4. The fourth-order valence-electron chi connectivity index (χ4n) is 3.22. The summed E-state index contributed by atoms with van der Waals surface area (Å²) in [6.07, 6.45) is 8.92. The summed E-state index contributed by atoms with van der Waals surface area (Å²) in [5.41, 5.74) is 0. The first-order chi connectivity index (χ1) is 9.78. The Morgan fingerprint density at radius 3 is 2.70 bits per heavy atom. The van der Waals surface area contributed by atoms with Crippen molar-refractivity contribution in [1.82, 2.24) is 10.3 Å². The first-order valence-corrected chi connectivity index (χ1v) is 9.03. The molecule has 20 heavy (non-hydrogen) atoms. The Morgan fingerprint density at radius 1 is 1.25 bits per heavy atom. The third-order valence-corrected chi connectivity index (χ3v) is 5.61. The van der Waals surface area contributed by atoms with Gasteiger partial charge >= 0.3 is 0 Å². The van der Waals surface area contributed by atoms with Gasteiger partial charge in [-0.3, -0.25) is 0 Å². The number of thiazole rings is 1. The molecule has 0 radical (unpaired) electrons. The Kier molecular flexibility index (Phi) is 6.30. The largest absolute Gasteiger partial charge is 0.349 e. The van der Waals surface area contributed by atoms with E-state index < -0.39 is 0 Å². The molecule has 1 aromatic heterocycles. The number of nitrogens with zero attached hydrogens (tertiary/aromatic N) is 2. The van der Waals surface area contributed by atoms with Gasteiger partial charge in [0.05, 0.1) is 0 Å². The second-order valence-electron chi connectivity index (χ2n) is 5.72. The minimum atomic E-state index is 0.716. The summed E-state index contributed by atoms with van der Waals surface area (Å²) in [6.45, 7) is 9.78. The maximum absolute atomic E-state index is 4.57. The summed E-state index contributed by atoms with van der Waals surface area (Å²) in [6, 6.07) is 0.716. The summed E-state index contributed by atoms with van der Waals surface area (Å²) in [4.78, 5) is 8.26. The van der Waals surface area contributed by atoms with Crippen LogP contribution in [0.1, 0.15) is 57.8 Å². The average Bonchev–Trinajstić information content (AvgIpc) is 2.95. The van der Waals surface area contributed by atoms with Crippen LogP contribution in [-0.2, 0) is 6.54 Å². The normalized spacial score (nSPS) is 22.9. The predicted octanol–water partition coefficient (Wildman–Crippen LogP) is 4.05. The maximum Gasteiger partial charge on any atom is 0.185 e. The molecule has 0 amide bonds. The molecule has 4 heteroatoms. The number of hydrogen-bond donors (Lipinski definition) is 1. The lowest BCUT2D eigenvalue weighted by Gasteiger charge is -2.31. The highest BCUT2D eigenvalue weighted by Crippen LogP contribution is 2.28. The molecular weight excluding hydrogens is 266 g/mol. The monoisotopic (exact) mass is 295 g/mol. The second kappa shape index (κ2) is 7.99. The van der Waals surface area contributed by atoms with Gasteiger partial charge in [-0.25, -0.2) is 4.98 Å². The van der Waals surface area contributed by atoms with E-state index in [0.29, 0.717) is 6.04 Å². The van der Waals surface area contributed by atoms with Gasteiger partial charge in [-0.2, -0.15) is 0 Å². The molecule has 1 aliphatic carbocycles. The van der Waals surface area contributed by atoms with Crippen molar-refractivity contribution in [3.63, 3.8) is 0 Å². The molecule has 0 aromatic carbocycles.